The number of carbonyl (C=O) groups excluding carboxylic acids is 1. The molecule has 6 heteroatoms. The Morgan fingerprint density at radius 1 is 1.15 bits per heavy atom. The molecule has 0 heterocycles. The molecule has 20 heavy (non-hydrogen) atoms. The highest BCUT2D eigenvalue weighted by Crippen LogP contribution is 2.36. The van der Waals surface area contributed by atoms with Gasteiger partial charge in [-0.05, 0) is 63.0 Å². The fourth-order valence-corrected chi connectivity index (χ4v) is 2.68. The summed E-state index contributed by atoms with van der Waals surface area (Å²) in [5.74, 6) is 0.151. The van der Waals surface area contributed by atoms with Gasteiger partial charge in [0.25, 0.3) is 0 Å². The maximum absolute atomic E-state index is 13.4. The zero-order chi connectivity index (χ0) is 14.9. The Morgan fingerprint density at radius 3 is 2.40 bits per heavy atom. The molecule has 0 fully saturated rings. The zero-order valence-corrected chi connectivity index (χ0v) is 14.1. The van der Waals surface area contributed by atoms with E-state index in [1.54, 1.807) is 18.2 Å². The smallest absolute Gasteiger partial charge is 0.159 e. The van der Waals surface area contributed by atoms with Crippen molar-refractivity contribution in [2.75, 3.05) is 0 Å². The minimum atomic E-state index is -0.568. The molecule has 0 aliphatic heterocycles. The van der Waals surface area contributed by atoms with E-state index in [1.807, 2.05) is 0 Å². The first kappa shape index (κ1) is 15.5. The Bertz CT molecular complexity index is 689. The van der Waals surface area contributed by atoms with E-state index in [0.29, 0.717) is 26.0 Å². The summed E-state index contributed by atoms with van der Waals surface area (Å²) >= 11 is 12.2. The van der Waals surface area contributed by atoms with E-state index in [9.17, 15) is 9.18 Å². The molecule has 104 valence electrons. The first-order valence-corrected chi connectivity index (χ1v) is 7.47. The normalized spacial score (nSPS) is 10.4. The van der Waals surface area contributed by atoms with Crippen molar-refractivity contribution < 1.29 is 13.9 Å². The van der Waals surface area contributed by atoms with Crippen molar-refractivity contribution in [3.05, 3.63) is 55.7 Å². The average molecular weight is 422 g/mol. The highest BCUT2D eigenvalue weighted by atomic mass is 79.9. The molecule has 0 N–H and O–H groups in total. The Kier molecular flexibility index (Phi) is 4.83. The molecule has 2 aromatic carbocycles. The summed E-state index contributed by atoms with van der Waals surface area (Å²) in [4.78, 5) is 11.3. The van der Waals surface area contributed by atoms with Crippen LogP contribution < -0.4 is 4.74 Å². The fraction of sp³-hybridized carbons (Fsp3) is 0.0714. The number of rotatable bonds is 3. The third kappa shape index (κ3) is 3.40. The second-order valence-electron chi connectivity index (χ2n) is 4.00. The highest BCUT2D eigenvalue weighted by Gasteiger charge is 2.11. The molecule has 0 aliphatic carbocycles. The number of hydrogen-bond acceptors (Lipinski definition) is 2. The van der Waals surface area contributed by atoms with E-state index in [2.05, 4.69) is 31.9 Å². The lowest BCUT2D eigenvalue weighted by Crippen LogP contribution is -1.94. The molecule has 2 nitrogen and oxygen atoms in total. The fourth-order valence-electron chi connectivity index (χ4n) is 1.50. The van der Waals surface area contributed by atoms with Crippen LogP contribution in [0, 0.1) is 5.82 Å². The van der Waals surface area contributed by atoms with Gasteiger partial charge in [-0.25, -0.2) is 4.39 Å². The predicted molar refractivity (Wildman–Crippen MR) is 83.3 cm³/mol. The molecular weight excluding hydrogens is 414 g/mol. The quantitative estimate of drug-likeness (QED) is 0.448. The standard InChI is InChI=1S/C14H8Br2ClFO2/c1-7(19)8-2-3-13(9(15)4-8)20-14-6-12(18)11(17)5-10(14)16/h2-6H,1H3. The van der Waals surface area contributed by atoms with E-state index >= 15 is 0 Å². The van der Waals surface area contributed by atoms with Gasteiger partial charge in [0.2, 0.25) is 0 Å². The number of halogens is 4. The van der Waals surface area contributed by atoms with Crippen LogP contribution in [0.15, 0.2) is 39.3 Å². The van der Waals surface area contributed by atoms with E-state index in [1.165, 1.54) is 19.1 Å². The van der Waals surface area contributed by atoms with Gasteiger partial charge in [0.05, 0.1) is 14.0 Å². The molecule has 2 aromatic rings. The van der Waals surface area contributed by atoms with Crippen LogP contribution in [0.1, 0.15) is 17.3 Å². The van der Waals surface area contributed by atoms with Crippen LogP contribution in [0.4, 0.5) is 4.39 Å². The summed E-state index contributed by atoms with van der Waals surface area (Å²) in [6.07, 6.45) is 0. The Morgan fingerprint density at radius 2 is 1.80 bits per heavy atom. The molecule has 0 unspecified atom stereocenters. The van der Waals surface area contributed by atoms with E-state index in [-0.39, 0.29) is 10.8 Å². The summed E-state index contributed by atoms with van der Waals surface area (Å²) in [6.45, 7) is 1.48. The molecule has 0 amide bonds. The second kappa shape index (κ2) is 6.24. The van der Waals surface area contributed by atoms with Crippen molar-refractivity contribution in [2.24, 2.45) is 0 Å². The van der Waals surface area contributed by atoms with E-state index < -0.39 is 5.82 Å². The van der Waals surface area contributed by atoms with Gasteiger partial charge in [0.1, 0.15) is 17.3 Å². The first-order valence-electron chi connectivity index (χ1n) is 5.51. The summed E-state index contributed by atoms with van der Waals surface area (Å²) < 4.78 is 20.2. The lowest BCUT2D eigenvalue weighted by molar-refractivity contribution is 0.101. The summed E-state index contributed by atoms with van der Waals surface area (Å²) in [7, 11) is 0. The minimum Gasteiger partial charge on any atom is -0.455 e. The first-order chi connectivity index (χ1) is 9.38. The SMILES string of the molecule is CC(=O)c1ccc(Oc2cc(F)c(Cl)cc2Br)c(Br)c1. The van der Waals surface area contributed by atoms with Gasteiger partial charge in [-0.2, -0.15) is 0 Å². The van der Waals surface area contributed by atoms with Crippen LogP contribution in [0.25, 0.3) is 0 Å². The van der Waals surface area contributed by atoms with Crippen LogP contribution in [-0.2, 0) is 0 Å². The van der Waals surface area contributed by atoms with Crippen LogP contribution >= 0.6 is 43.5 Å². The molecule has 0 aromatic heterocycles. The van der Waals surface area contributed by atoms with Crippen molar-refractivity contribution >= 4 is 49.2 Å². The lowest BCUT2D eigenvalue weighted by Gasteiger charge is -2.11. The number of ether oxygens (including phenoxy) is 1. The predicted octanol–water partition coefficient (Wildman–Crippen LogP) is 6.00. The van der Waals surface area contributed by atoms with Gasteiger partial charge < -0.3 is 4.74 Å². The maximum Gasteiger partial charge on any atom is 0.159 e. The maximum atomic E-state index is 13.4. The molecule has 0 saturated heterocycles. The van der Waals surface area contributed by atoms with Crippen molar-refractivity contribution in [1.29, 1.82) is 0 Å². The van der Waals surface area contributed by atoms with Crippen molar-refractivity contribution in [2.45, 2.75) is 6.92 Å². The van der Waals surface area contributed by atoms with Crippen molar-refractivity contribution in [3.8, 4) is 11.5 Å². The van der Waals surface area contributed by atoms with Crippen LogP contribution in [0.3, 0.4) is 0 Å². The molecule has 0 saturated carbocycles. The number of ketones is 1. The highest BCUT2D eigenvalue weighted by molar-refractivity contribution is 9.11. The van der Waals surface area contributed by atoms with Gasteiger partial charge in [-0.3, -0.25) is 4.79 Å². The van der Waals surface area contributed by atoms with Gasteiger partial charge in [-0.15, -0.1) is 0 Å². The number of benzene rings is 2. The Balaban J connectivity index is 2.35. The Hall–Kier alpha value is -0.910. The third-order valence-corrected chi connectivity index (χ3v) is 4.06. The number of Topliss-reactive ketones (excluding diaryl/α,β-unsaturated/α-hetero) is 1. The molecule has 0 spiro atoms. The summed E-state index contributed by atoms with van der Waals surface area (Å²) in [5.41, 5.74) is 0.561. The number of hydrogen-bond donors (Lipinski definition) is 0. The molecule has 2 rings (SSSR count). The van der Waals surface area contributed by atoms with Crippen molar-refractivity contribution in [1.82, 2.24) is 0 Å². The van der Waals surface area contributed by atoms with Gasteiger partial charge >= 0.3 is 0 Å². The third-order valence-electron chi connectivity index (χ3n) is 2.53. The summed E-state index contributed by atoms with van der Waals surface area (Å²) in [6, 6.07) is 7.54. The zero-order valence-electron chi connectivity index (χ0n) is 10.2. The molecule has 0 radical (unpaired) electrons. The minimum absolute atomic E-state index is 0.00946. The monoisotopic (exact) mass is 420 g/mol. The van der Waals surface area contributed by atoms with Crippen LogP contribution in [0.2, 0.25) is 5.02 Å². The number of carbonyl (C=O) groups is 1. The molecule has 0 aliphatic rings. The second-order valence-corrected chi connectivity index (χ2v) is 6.12. The van der Waals surface area contributed by atoms with E-state index in [0.717, 1.165) is 0 Å². The largest absolute Gasteiger partial charge is 0.455 e. The van der Waals surface area contributed by atoms with Crippen molar-refractivity contribution in [3.63, 3.8) is 0 Å². The van der Waals surface area contributed by atoms with Gasteiger partial charge in [-0.1, -0.05) is 11.6 Å². The molecular formula is C14H8Br2ClFO2. The average Bonchev–Trinajstić information content (AvgIpc) is 2.37. The molecule has 0 bridgehead atoms. The van der Waals surface area contributed by atoms with Crippen LogP contribution in [0.5, 0.6) is 11.5 Å². The van der Waals surface area contributed by atoms with Crippen LogP contribution in [-0.4, -0.2) is 5.78 Å². The Labute approximate surface area is 137 Å². The lowest BCUT2D eigenvalue weighted by atomic mass is 10.1. The van der Waals surface area contributed by atoms with E-state index in [4.69, 9.17) is 16.3 Å². The topological polar surface area (TPSA) is 26.3 Å². The van der Waals surface area contributed by atoms with Gasteiger partial charge in [0, 0.05) is 11.6 Å². The summed E-state index contributed by atoms with van der Waals surface area (Å²) in [5, 5.41) is 0.00946. The van der Waals surface area contributed by atoms with Gasteiger partial charge in [0.15, 0.2) is 5.78 Å². The molecule has 0 atom stereocenters.